The second-order valence-corrected chi connectivity index (χ2v) is 3.95. The summed E-state index contributed by atoms with van der Waals surface area (Å²) >= 11 is 0. The molecule has 0 aliphatic heterocycles. The molecule has 1 nitrogen and oxygen atoms in total. The van der Waals surface area contributed by atoms with Crippen LogP contribution < -0.4 is 0 Å². The maximum absolute atomic E-state index is 5.32. The van der Waals surface area contributed by atoms with Crippen molar-refractivity contribution in [2.45, 2.75) is 47.0 Å². The molecule has 0 saturated carbocycles. The highest BCUT2D eigenvalue weighted by Crippen LogP contribution is 2.11. The molecule has 0 aromatic rings. The van der Waals surface area contributed by atoms with Gasteiger partial charge in [-0.2, -0.15) is 0 Å². The molecule has 1 heteroatoms. The van der Waals surface area contributed by atoms with E-state index in [1.807, 2.05) is 6.92 Å². The minimum atomic E-state index is 0.794. The third-order valence-electron chi connectivity index (χ3n) is 2.17. The Kier molecular flexibility index (Phi) is 8.11. The predicted molar refractivity (Wildman–Crippen MR) is 58.9 cm³/mol. The van der Waals surface area contributed by atoms with Gasteiger partial charge in [-0.05, 0) is 46.0 Å². The smallest absolute Gasteiger partial charge is 0.0468 e. The van der Waals surface area contributed by atoms with Gasteiger partial charge in [0, 0.05) is 13.2 Å². The van der Waals surface area contributed by atoms with Crippen LogP contribution in [0.4, 0.5) is 0 Å². The molecule has 0 heterocycles. The average Bonchev–Trinajstić information content (AvgIpc) is 2.04. The topological polar surface area (TPSA) is 9.23 Å². The van der Waals surface area contributed by atoms with Crippen LogP contribution in [0.3, 0.4) is 0 Å². The molecule has 0 aliphatic rings. The van der Waals surface area contributed by atoms with Crippen LogP contribution in [0.5, 0.6) is 0 Å². The summed E-state index contributed by atoms with van der Waals surface area (Å²) in [7, 11) is 0. The van der Waals surface area contributed by atoms with Gasteiger partial charge in [-0.15, -0.1) is 0 Å². The second kappa shape index (κ2) is 8.31. The van der Waals surface area contributed by atoms with Crippen LogP contribution in [0.1, 0.15) is 47.0 Å². The van der Waals surface area contributed by atoms with Crippen molar-refractivity contribution >= 4 is 0 Å². The Labute approximate surface area is 83.2 Å². The van der Waals surface area contributed by atoms with Gasteiger partial charge in [-0.1, -0.05) is 18.6 Å². The molecule has 0 saturated heterocycles. The van der Waals surface area contributed by atoms with Crippen molar-refractivity contribution in [3.63, 3.8) is 0 Å². The summed E-state index contributed by atoms with van der Waals surface area (Å²) in [5.41, 5.74) is 1.43. The van der Waals surface area contributed by atoms with Crippen molar-refractivity contribution in [2.24, 2.45) is 5.92 Å². The van der Waals surface area contributed by atoms with E-state index in [1.54, 1.807) is 0 Å². The number of allylic oxidation sites excluding steroid dienone is 2. The van der Waals surface area contributed by atoms with Crippen molar-refractivity contribution in [2.75, 3.05) is 13.2 Å². The van der Waals surface area contributed by atoms with E-state index < -0.39 is 0 Å². The zero-order valence-electron chi connectivity index (χ0n) is 9.60. The molecule has 0 rings (SSSR count). The maximum Gasteiger partial charge on any atom is 0.0468 e. The lowest BCUT2D eigenvalue weighted by Crippen LogP contribution is -2.01. The van der Waals surface area contributed by atoms with Crippen molar-refractivity contribution in [3.8, 4) is 0 Å². The highest BCUT2D eigenvalue weighted by Gasteiger charge is 1.99. The third kappa shape index (κ3) is 9.62. The highest BCUT2D eigenvalue weighted by atomic mass is 16.5. The highest BCUT2D eigenvalue weighted by molar-refractivity contribution is 4.92. The Morgan fingerprint density at radius 2 is 2.00 bits per heavy atom. The van der Waals surface area contributed by atoms with Crippen molar-refractivity contribution < 1.29 is 4.74 Å². The van der Waals surface area contributed by atoms with Gasteiger partial charge in [-0.3, -0.25) is 0 Å². The molecule has 0 unspecified atom stereocenters. The summed E-state index contributed by atoms with van der Waals surface area (Å²) in [5, 5.41) is 0. The van der Waals surface area contributed by atoms with Gasteiger partial charge in [0.15, 0.2) is 0 Å². The van der Waals surface area contributed by atoms with Gasteiger partial charge >= 0.3 is 0 Å². The lowest BCUT2D eigenvalue weighted by molar-refractivity contribution is 0.133. The van der Waals surface area contributed by atoms with Crippen LogP contribution in [0, 0.1) is 5.92 Å². The number of rotatable bonds is 7. The Morgan fingerprint density at radius 3 is 2.54 bits per heavy atom. The van der Waals surface area contributed by atoms with Crippen molar-refractivity contribution in [3.05, 3.63) is 11.6 Å². The summed E-state index contributed by atoms with van der Waals surface area (Å²) in [5.74, 6) is 0.794. The van der Waals surface area contributed by atoms with E-state index in [9.17, 15) is 0 Å². The first-order valence-corrected chi connectivity index (χ1v) is 5.38. The molecule has 78 valence electrons. The Hall–Kier alpha value is -0.300. The summed E-state index contributed by atoms with van der Waals surface area (Å²) < 4.78 is 5.32. The molecular weight excluding hydrogens is 160 g/mol. The minimum absolute atomic E-state index is 0.794. The zero-order valence-corrected chi connectivity index (χ0v) is 9.60. The standard InChI is InChI=1S/C12H24O/c1-5-13-10-9-12(4)8-6-7-11(2)3/h7,12H,5-6,8-10H2,1-4H3/t12-/m0/s1. The van der Waals surface area contributed by atoms with E-state index in [0.29, 0.717) is 0 Å². The number of ether oxygens (including phenoxy) is 1. The monoisotopic (exact) mass is 184 g/mol. The molecule has 0 N–H and O–H groups in total. The molecule has 1 atom stereocenters. The van der Waals surface area contributed by atoms with Gasteiger partial charge in [-0.25, -0.2) is 0 Å². The van der Waals surface area contributed by atoms with Crippen LogP contribution in [-0.4, -0.2) is 13.2 Å². The molecule has 0 aliphatic carbocycles. The lowest BCUT2D eigenvalue weighted by atomic mass is 10.0. The van der Waals surface area contributed by atoms with Crippen LogP contribution >= 0.6 is 0 Å². The van der Waals surface area contributed by atoms with Crippen LogP contribution in [0.25, 0.3) is 0 Å². The van der Waals surface area contributed by atoms with E-state index in [-0.39, 0.29) is 0 Å². The summed E-state index contributed by atoms with van der Waals surface area (Å²) in [6, 6.07) is 0. The van der Waals surface area contributed by atoms with E-state index >= 15 is 0 Å². The fourth-order valence-corrected chi connectivity index (χ4v) is 1.23. The third-order valence-corrected chi connectivity index (χ3v) is 2.17. The zero-order chi connectivity index (χ0) is 10.1. The molecule has 0 amide bonds. The molecule has 0 radical (unpaired) electrons. The Bertz CT molecular complexity index is 134. The normalized spacial score (nSPS) is 12.6. The second-order valence-electron chi connectivity index (χ2n) is 3.95. The molecule has 0 fully saturated rings. The predicted octanol–water partition coefficient (Wildman–Crippen LogP) is 3.80. The van der Waals surface area contributed by atoms with Gasteiger partial charge in [0.1, 0.15) is 0 Å². The van der Waals surface area contributed by atoms with Crippen LogP contribution in [-0.2, 0) is 4.74 Å². The van der Waals surface area contributed by atoms with Crippen molar-refractivity contribution in [1.82, 2.24) is 0 Å². The van der Waals surface area contributed by atoms with Crippen molar-refractivity contribution in [1.29, 1.82) is 0 Å². The van der Waals surface area contributed by atoms with Crippen LogP contribution in [0.15, 0.2) is 11.6 Å². The fourth-order valence-electron chi connectivity index (χ4n) is 1.23. The summed E-state index contributed by atoms with van der Waals surface area (Å²) in [6.07, 6.45) is 6.02. The first kappa shape index (κ1) is 12.7. The molecule has 0 aromatic heterocycles. The summed E-state index contributed by atoms with van der Waals surface area (Å²) in [6.45, 7) is 10.4. The SMILES string of the molecule is CCOCC[C@@H](C)CCC=C(C)C. The summed E-state index contributed by atoms with van der Waals surface area (Å²) in [4.78, 5) is 0. The first-order valence-electron chi connectivity index (χ1n) is 5.38. The molecule has 0 aromatic carbocycles. The van der Waals surface area contributed by atoms with E-state index in [0.717, 1.165) is 19.1 Å². The van der Waals surface area contributed by atoms with E-state index in [2.05, 4.69) is 26.8 Å². The van der Waals surface area contributed by atoms with Gasteiger partial charge in [0.05, 0.1) is 0 Å². The maximum atomic E-state index is 5.32. The van der Waals surface area contributed by atoms with Gasteiger partial charge in [0.2, 0.25) is 0 Å². The Balaban J connectivity index is 3.30. The largest absolute Gasteiger partial charge is 0.382 e. The molecule has 13 heavy (non-hydrogen) atoms. The average molecular weight is 184 g/mol. The number of hydrogen-bond acceptors (Lipinski definition) is 1. The quantitative estimate of drug-likeness (QED) is 0.432. The molecular formula is C12H24O. The van der Waals surface area contributed by atoms with Gasteiger partial charge < -0.3 is 4.74 Å². The molecule has 0 bridgehead atoms. The van der Waals surface area contributed by atoms with E-state index in [4.69, 9.17) is 4.74 Å². The lowest BCUT2D eigenvalue weighted by Gasteiger charge is -2.09. The van der Waals surface area contributed by atoms with Crippen LogP contribution in [0.2, 0.25) is 0 Å². The van der Waals surface area contributed by atoms with E-state index in [1.165, 1.54) is 24.8 Å². The Morgan fingerprint density at radius 1 is 1.31 bits per heavy atom. The molecule has 0 spiro atoms. The first-order chi connectivity index (χ1) is 6.16. The number of hydrogen-bond donors (Lipinski definition) is 0. The fraction of sp³-hybridized carbons (Fsp3) is 0.833. The minimum Gasteiger partial charge on any atom is -0.382 e. The van der Waals surface area contributed by atoms with Gasteiger partial charge in [0.25, 0.3) is 0 Å².